The minimum absolute atomic E-state index is 0.0748. The van der Waals surface area contributed by atoms with Crippen molar-refractivity contribution in [3.8, 4) is 0 Å². The molecule has 1 aromatic heterocycles. The summed E-state index contributed by atoms with van der Waals surface area (Å²) in [5.41, 5.74) is -0.0968. The van der Waals surface area contributed by atoms with Gasteiger partial charge in [-0.05, 0) is 38.5 Å². The van der Waals surface area contributed by atoms with Gasteiger partial charge in [-0.25, -0.2) is 0 Å². The molecule has 136 valence electrons. The quantitative estimate of drug-likeness (QED) is 0.830. The fraction of sp³-hybridized carbons (Fsp3) is 0.778. The van der Waals surface area contributed by atoms with Crippen molar-refractivity contribution in [3.63, 3.8) is 0 Å². The summed E-state index contributed by atoms with van der Waals surface area (Å²) in [6.45, 7) is 5.24. The third-order valence-electron chi connectivity index (χ3n) is 5.89. The van der Waals surface area contributed by atoms with Gasteiger partial charge in [0.05, 0.1) is 0 Å². The minimum Gasteiger partial charge on any atom is -0.424 e. The van der Waals surface area contributed by atoms with Gasteiger partial charge in [0.15, 0.2) is 0 Å². The largest absolute Gasteiger partial charge is 0.424 e. The summed E-state index contributed by atoms with van der Waals surface area (Å²) in [7, 11) is 0. The molecule has 0 radical (unpaired) electrons. The fourth-order valence-corrected chi connectivity index (χ4v) is 3.82. The van der Waals surface area contributed by atoms with Crippen LogP contribution in [0.3, 0.4) is 0 Å². The number of hydrogen-bond donors (Lipinski definition) is 0. The molecule has 0 atom stereocenters. The molecule has 2 saturated heterocycles. The Labute approximate surface area is 147 Å². The lowest BCUT2D eigenvalue weighted by Crippen LogP contribution is -2.41. The number of aromatic nitrogens is 2. The van der Waals surface area contributed by atoms with Gasteiger partial charge in [-0.2, -0.15) is 0 Å². The van der Waals surface area contributed by atoms with Crippen molar-refractivity contribution in [2.45, 2.75) is 57.8 Å². The van der Waals surface area contributed by atoms with E-state index in [0.29, 0.717) is 17.7 Å². The summed E-state index contributed by atoms with van der Waals surface area (Å²) in [5.74, 6) is 1.60. The predicted molar refractivity (Wildman–Crippen MR) is 89.7 cm³/mol. The SMILES string of the molecule is CC1(C(=O)N2CCC(c3nnc(CC(=O)N4CCCC4)o3)CC2)CC1. The van der Waals surface area contributed by atoms with Gasteiger partial charge in [-0.15, -0.1) is 10.2 Å². The number of amides is 2. The average molecular weight is 346 g/mol. The Bertz CT molecular complexity index is 653. The van der Waals surface area contributed by atoms with Gasteiger partial charge in [0.2, 0.25) is 23.6 Å². The molecule has 0 aromatic carbocycles. The molecule has 1 aromatic rings. The molecule has 0 unspecified atom stereocenters. The predicted octanol–water partition coefficient (Wildman–Crippen LogP) is 1.74. The van der Waals surface area contributed by atoms with Crippen molar-refractivity contribution in [1.82, 2.24) is 20.0 Å². The molecule has 2 amide bonds. The lowest BCUT2D eigenvalue weighted by molar-refractivity contribution is -0.137. The van der Waals surface area contributed by atoms with Gasteiger partial charge < -0.3 is 14.2 Å². The van der Waals surface area contributed by atoms with Crippen LogP contribution in [0, 0.1) is 5.41 Å². The third kappa shape index (κ3) is 3.41. The first-order valence-electron chi connectivity index (χ1n) is 9.45. The summed E-state index contributed by atoms with van der Waals surface area (Å²) < 4.78 is 5.76. The Balaban J connectivity index is 1.30. The summed E-state index contributed by atoms with van der Waals surface area (Å²) >= 11 is 0. The monoisotopic (exact) mass is 346 g/mol. The Morgan fingerprint density at radius 3 is 2.40 bits per heavy atom. The van der Waals surface area contributed by atoms with Crippen molar-refractivity contribution >= 4 is 11.8 Å². The summed E-state index contributed by atoms with van der Waals surface area (Å²) in [6, 6.07) is 0. The second-order valence-corrected chi connectivity index (χ2v) is 7.93. The van der Waals surface area contributed by atoms with Crippen LogP contribution >= 0.6 is 0 Å². The number of piperidine rings is 1. The number of carbonyl (C=O) groups is 2. The van der Waals surface area contributed by atoms with Crippen LogP contribution in [-0.4, -0.2) is 58.0 Å². The van der Waals surface area contributed by atoms with Gasteiger partial charge >= 0.3 is 0 Å². The van der Waals surface area contributed by atoms with Gasteiger partial charge in [0.1, 0.15) is 6.42 Å². The molecule has 0 bridgehead atoms. The number of rotatable bonds is 4. The first-order valence-corrected chi connectivity index (χ1v) is 9.45. The Morgan fingerprint density at radius 1 is 1.08 bits per heavy atom. The van der Waals surface area contributed by atoms with Crippen molar-refractivity contribution in [3.05, 3.63) is 11.8 Å². The Kier molecular flexibility index (Phi) is 4.25. The van der Waals surface area contributed by atoms with Crippen LogP contribution in [0.1, 0.15) is 63.1 Å². The van der Waals surface area contributed by atoms with Crippen LogP contribution < -0.4 is 0 Å². The number of nitrogens with zero attached hydrogens (tertiary/aromatic N) is 4. The van der Waals surface area contributed by atoms with E-state index in [0.717, 1.165) is 64.7 Å². The molecule has 0 spiro atoms. The second-order valence-electron chi connectivity index (χ2n) is 7.93. The summed E-state index contributed by atoms with van der Waals surface area (Å²) in [4.78, 5) is 28.4. The molecule has 1 saturated carbocycles. The second kappa shape index (κ2) is 6.42. The maximum absolute atomic E-state index is 12.4. The van der Waals surface area contributed by atoms with Crippen LogP contribution in [0.4, 0.5) is 0 Å². The standard InChI is InChI=1S/C18H26N4O3/c1-18(6-7-18)17(24)22-10-4-13(5-11-22)16-20-19-14(25-16)12-15(23)21-8-2-3-9-21/h13H,2-12H2,1H3. The van der Waals surface area contributed by atoms with E-state index >= 15 is 0 Å². The minimum atomic E-state index is -0.0968. The molecule has 3 heterocycles. The van der Waals surface area contributed by atoms with E-state index in [4.69, 9.17) is 4.42 Å². The fourth-order valence-electron chi connectivity index (χ4n) is 3.82. The third-order valence-corrected chi connectivity index (χ3v) is 5.89. The van der Waals surface area contributed by atoms with Crippen LogP contribution in [0.25, 0.3) is 0 Å². The van der Waals surface area contributed by atoms with E-state index < -0.39 is 0 Å². The lowest BCUT2D eigenvalue weighted by Gasteiger charge is -2.32. The Morgan fingerprint density at radius 2 is 1.76 bits per heavy atom. The van der Waals surface area contributed by atoms with E-state index in [2.05, 4.69) is 17.1 Å². The first-order chi connectivity index (χ1) is 12.0. The van der Waals surface area contributed by atoms with Crippen molar-refractivity contribution < 1.29 is 14.0 Å². The lowest BCUT2D eigenvalue weighted by atomic mass is 9.95. The van der Waals surface area contributed by atoms with Gasteiger partial charge in [0, 0.05) is 37.5 Å². The molecule has 2 aliphatic heterocycles. The zero-order valence-corrected chi connectivity index (χ0v) is 14.9. The van der Waals surface area contributed by atoms with Gasteiger partial charge in [0.25, 0.3) is 0 Å². The van der Waals surface area contributed by atoms with Crippen molar-refractivity contribution in [1.29, 1.82) is 0 Å². The molecule has 7 heteroatoms. The number of likely N-dealkylation sites (tertiary alicyclic amines) is 2. The smallest absolute Gasteiger partial charge is 0.231 e. The Hall–Kier alpha value is -1.92. The molecule has 3 aliphatic rings. The maximum Gasteiger partial charge on any atom is 0.231 e. The molecule has 1 aliphatic carbocycles. The van der Waals surface area contributed by atoms with Gasteiger partial charge in [-0.1, -0.05) is 6.92 Å². The topological polar surface area (TPSA) is 79.5 Å². The van der Waals surface area contributed by atoms with E-state index in [1.807, 2.05) is 9.80 Å². The molecule has 0 N–H and O–H groups in total. The molecular weight excluding hydrogens is 320 g/mol. The molecular formula is C18H26N4O3. The van der Waals surface area contributed by atoms with Crippen LogP contribution in [0.15, 0.2) is 4.42 Å². The first kappa shape index (κ1) is 16.5. The molecule has 7 nitrogen and oxygen atoms in total. The highest BCUT2D eigenvalue weighted by atomic mass is 16.4. The highest BCUT2D eigenvalue weighted by Gasteiger charge is 2.47. The van der Waals surface area contributed by atoms with Crippen LogP contribution in [-0.2, 0) is 16.0 Å². The number of carbonyl (C=O) groups excluding carboxylic acids is 2. The molecule has 25 heavy (non-hydrogen) atoms. The van der Waals surface area contributed by atoms with E-state index in [-0.39, 0.29) is 23.7 Å². The molecule has 4 rings (SSSR count). The van der Waals surface area contributed by atoms with Crippen LogP contribution in [0.5, 0.6) is 0 Å². The summed E-state index contributed by atoms with van der Waals surface area (Å²) in [5, 5.41) is 8.22. The van der Waals surface area contributed by atoms with Crippen molar-refractivity contribution in [2.24, 2.45) is 5.41 Å². The molecule has 3 fully saturated rings. The average Bonchev–Trinajstić information content (AvgIpc) is 3.06. The van der Waals surface area contributed by atoms with Crippen LogP contribution in [0.2, 0.25) is 0 Å². The number of hydrogen-bond acceptors (Lipinski definition) is 5. The van der Waals surface area contributed by atoms with E-state index in [9.17, 15) is 9.59 Å². The normalized spacial score (nSPS) is 23.1. The highest BCUT2D eigenvalue weighted by molar-refractivity contribution is 5.85. The zero-order chi connectivity index (χ0) is 17.4. The van der Waals surface area contributed by atoms with Crippen molar-refractivity contribution in [2.75, 3.05) is 26.2 Å². The van der Waals surface area contributed by atoms with Gasteiger partial charge in [-0.3, -0.25) is 9.59 Å². The van der Waals surface area contributed by atoms with E-state index in [1.165, 1.54) is 0 Å². The van der Waals surface area contributed by atoms with E-state index in [1.54, 1.807) is 0 Å². The highest BCUT2D eigenvalue weighted by Crippen LogP contribution is 2.47. The summed E-state index contributed by atoms with van der Waals surface area (Å²) in [6.07, 6.45) is 6.09. The maximum atomic E-state index is 12.4. The zero-order valence-electron chi connectivity index (χ0n) is 14.9.